The van der Waals surface area contributed by atoms with Gasteiger partial charge >= 0.3 is 5.97 Å². The molecular weight excluding hydrogens is 274 g/mol. The number of primary amides is 1. The molecule has 120 valence electrons. The van der Waals surface area contributed by atoms with E-state index in [2.05, 4.69) is 5.32 Å². The fourth-order valence-corrected chi connectivity index (χ4v) is 2.72. The maximum absolute atomic E-state index is 12.0. The van der Waals surface area contributed by atoms with Crippen molar-refractivity contribution in [1.82, 2.24) is 5.32 Å². The van der Waals surface area contributed by atoms with Gasteiger partial charge in [-0.25, -0.2) is 0 Å². The third-order valence-corrected chi connectivity index (χ3v) is 3.96. The second-order valence-corrected chi connectivity index (χ2v) is 5.74. The van der Waals surface area contributed by atoms with Crippen LogP contribution in [0, 0.1) is 5.92 Å². The van der Waals surface area contributed by atoms with E-state index in [1.165, 1.54) is 19.3 Å². The summed E-state index contributed by atoms with van der Waals surface area (Å²) in [6, 6.07) is -1.66. The Balaban J connectivity index is 2.43. The minimum Gasteiger partial charge on any atom is -0.481 e. The lowest BCUT2D eigenvalue weighted by Crippen LogP contribution is -2.51. The quantitative estimate of drug-likeness (QED) is 0.504. The van der Waals surface area contributed by atoms with Crippen LogP contribution in [0.4, 0.5) is 0 Å². The molecule has 0 heterocycles. The number of hydrogen-bond donors (Lipinski definition) is 4. The van der Waals surface area contributed by atoms with Crippen molar-refractivity contribution in [3.05, 3.63) is 0 Å². The van der Waals surface area contributed by atoms with Crippen LogP contribution in [-0.4, -0.2) is 35.0 Å². The average molecular weight is 299 g/mol. The van der Waals surface area contributed by atoms with Gasteiger partial charge in [-0.1, -0.05) is 32.1 Å². The highest BCUT2D eigenvalue weighted by Crippen LogP contribution is 2.26. The Kier molecular flexibility index (Phi) is 7.14. The molecule has 0 radical (unpaired) electrons. The van der Waals surface area contributed by atoms with Crippen molar-refractivity contribution >= 4 is 17.8 Å². The number of rotatable bonds is 8. The van der Waals surface area contributed by atoms with Gasteiger partial charge in [-0.3, -0.25) is 14.4 Å². The van der Waals surface area contributed by atoms with Crippen molar-refractivity contribution in [3.8, 4) is 0 Å². The first kappa shape index (κ1) is 17.4. The molecule has 0 unspecified atom stereocenters. The Hall–Kier alpha value is -1.63. The zero-order valence-electron chi connectivity index (χ0n) is 12.2. The highest BCUT2D eigenvalue weighted by molar-refractivity contribution is 5.89. The number of nitrogens with two attached hydrogens (primary N) is 2. The van der Waals surface area contributed by atoms with Crippen molar-refractivity contribution in [1.29, 1.82) is 0 Å². The summed E-state index contributed by atoms with van der Waals surface area (Å²) in [4.78, 5) is 33.7. The molecule has 0 aliphatic heterocycles. The van der Waals surface area contributed by atoms with Gasteiger partial charge in [0, 0.05) is 6.42 Å². The molecular formula is C14H25N3O4. The lowest BCUT2D eigenvalue weighted by atomic mass is 9.85. The third kappa shape index (κ3) is 6.57. The number of aliphatic carboxylic acids is 1. The summed E-state index contributed by atoms with van der Waals surface area (Å²) in [5, 5.41) is 11.1. The normalized spacial score (nSPS) is 18.7. The van der Waals surface area contributed by atoms with Gasteiger partial charge in [0.05, 0.1) is 6.04 Å². The van der Waals surface area contributed by atoms with Gasteiger partial charge in [0.25, 0.3) is 0 Å². The SMILES string of the molecule is NC(=O)[C@@H](CCC(=O)O)NC(=O)[C@H](N)CC1CCCCC1. The lowest BCUT2D eigenvalue weighted by molar-refractivity contribution is -0.137. The Morgan fingerprint density at radius 1 is 1.19 bits per heavy atom. The van der Waals surface area contributed by atoms with Crippen LogP contribution >= 0.6 is 0 Å². The Morgan fingerprint density at radius 3 is 2.33 bits per heavy atom. The van der Waals surface area contributed by atoms with Crippen molar-refractivity contribution in [2.24, 2.45) is 17.4 Å². The number of hydrogen-bond acceptors (Lipinski definition) is 4. The van der Waals surface area contributed by atoms with Gasteiger partial charge in [-0.2, -0.15) is 0 Å². The number of carbonyl (C=O) groups excluding carboxylic acids is 2. The van der Waals surface area contributed by atoms with Crippen LogP contribution in [-0.2, 0) is 14.4 Å². The Morgan fingerprint density at radius 2 is 1.81 bits per heavy atom. The second kappa shape index (κ2) is 8.61. The molecule has 0 aromatic heterocycles. The summed E-state index contributed by atoms with van der Waals surface area (Å²) in [6.45, 7) is 0. The average Bonchev–Trinajstić information content (AvgIpc) is 2.43. The number of carboxylic acid groups (broad SMARTS) is 1. The van der Waals surface area contributed by atoms with E-state index in [0.717, 1.165) is 12.8 Å². The highest BCUT2D eigenvalue weighted by Gasteiger charge is 2.25. The summed E-state index contributed by atoms with van der Waals surface area (Å²) in [7, 11) is 0. The molecule has 0 spiro atoms. The summed E-state index contributed by atoms with van der Waals surface area (Å²) in [5.74, 6) is -1.77. The molecule has 2 atom stereocenters. The predicted octanol–water partition coefficient (Wildman–Crippen LogP) is 0.119. The molecule has 0 aromatic rings. The van der Waals surface area contributed by atoms with Crippen LogP contribution < -0.4 is 16.8 Å². The number of amides is 2. The molecule has 0 saturated heterocycles. The molecule has 1 aliphatic rings. The number of carbonyl (C=O) groups is 3. The van der Waals surface area contributed by atoms with Crippen LogP contribution in [0.2, 0.25) is 0 Å². The Bertz CT molecular complexity index is 380. The maximum Gasteiger partial charge on any atom is 0.303 e. The molecule has 1 rings (SSSR count). The molecule has 0 bridgehead atoms. The van der Waals surface area contributed by atoms with E-state index in [-0.39, 0.29) is 12.8 Å². The fourth-order valence-electron chi connectivity index (χ4n) is 2.72. The summed E-state index contributed by atoms with van der Waals surface area (Å²) in [5.41, 5.74) is 11.0. The van der Waals surface area contributed by atoms with Crippen molar-refractivity contribution < 1.29 is 19.5 Å². The fraction of sp³-hybridized carbons (Fsp3) is 0.786. The molecule has 7 heteroatoms. The van der Waals surface area contributed by atoms with Gasteiger partial charge in [0.15, 0.2) is 0 Å². The van der Waals surface area contributed by atoms with Crippen LogP contribution in [0.3, 0.4) is 0 Å². The van der Waals surface area contributed by atoms with Crippen molar-refractivity contribution in [2.75, 3.05) is 0 Å². The Labute approximate surface area is 124 Å². The monoisotopic (exact) mass is 299 g/mol. The van der Waals surface area contributed by atoms with E-state index in [1.807, 2.05) is 0 Å². The zero-order valence-corrected chi connectivity index (χ0v) is 12.2. The van der Waals surface area contributed by atoms with Crippen molar-refractivity contribution in [2.45, 2.75) is 63.5 Å². The van der Waals surface area contributed by atoms with Gasteiger partial charge in [0.2, 0.25) is 11.8 Å². The summed E-state index contributed by atoms with van der Waals surface area (Å²) >= 11 is 0. The van der Waals surface area contributed by atoms with Gasteiger partial charge in [-0.05, 0) is 18.8 Å². The molecule has 2 amide bonds. The molecule has 21 heavy (non-hydrogen) atoms. The van der Waals surface area contributed by atoms with Crippen LogP contribution in [0.15, 0.2) is 0 Å². The van der Waals surface area contributed by atoms with Crippen LogP contribution in [0.25, 0.3) is 0 Å². The minimum absolute atomic E-state index is 0.0213. The lowest BCUT2D eigenvalue weighted by Gasteiger charge is -2.25. The van der Waals surface area contributed by atoms with E-state index < -0.39 is 29.9 Å². The van der Waals surface area contributed by atoms with Gasteiger partial charge in [-0.15, -0.1) is 0 Å². The van der Waals surface area contributed by atoms with E-state index in [0.29, 0.717) is 12.3 Å². The maximum atomic E-state index is 12.0. The van der Waals surface area contributed by atoms with E-state index in [1.54, 1.807) is 0 Å². The summed E-state index contributed by atoms with van der Waals surface area (Å²) in [6.07, 6.45) is 6.08. The van der Waals surface area contributed by atoms with Crippen LogP contribution in [0.1, 0.15) is 51.4 Å². The highest BCUT2D eigenvalue weighted by atomic mass is 16.4. The van der Waals surface area contributed by atoms with Crippen LogP contribution in [0.5, 0.6) is 0 Å². The largest absolute Gasteiger partial charge is 0.481 e. The number of nitrogens with one attached hydrogen (secondary N) is 1. The first-order valence-corrected chi connectivity index (χ1v) is 7.47. The first-order valence-electron chi connectivity index (χ1n) is 7.47. The first-order chi connectivity index (χ1) is 9.90. The zero-order chi connectivity index (χ0) is 15.8. The van der Waals surface area contributed by atoms with Gasteiger partial charge < -0.3 is 21.9 Å². The topological polar surface area (TPSA) is 136 Å². The second-order valence-electron chi connectivity index (χ2n) is 5.74. The molecule has 1 aliphatic carbocycles. The molecule has 0 aromatic carbocycles. The molecule has 6 N–H and O–H groups in total. The van der Waals surface area contributed by atoms with E-state index in [9.17, 15) is 14.4 Å². The molecule has 1 fully saturated rings. The van der Waals surface area contributed by atoms with Gasteiger partial charge in [0.1, 0.15) is 6.04 Å². The molecule has 7 nitrogen and oxygen atoms in total. The minimum atomic E-state index is -1.04. The third-order valence-electron chi connectivity index (χ3n) is 3.96. The van der Waals surface area contributed by atoms with E-state index in [4.69, 9.17) is 16.6 Å². The number of carboxylic acids is 1. The smallest absolute Gasteiger partial charge is 0.303 e. The van der Waals surface area contributed by atoms with E-state index >= 15 is 0 Å². The summed E-state index contributed by atoms with van der Waals surface area (Å²) < 4.78 is 0. The van der Waals surface area contributed by atoms with Crippen molar-refractivity contribution in [3.63, 3.8) is 0 Å². The standard InChI is InChI=1S/C14H25N3O4/c15-10(8-9-4-2-1-3-5-9)14(21)17-11(13(16)20)6-7-12(18)19/h9-11H,1-8,15H2,(H2,16,20)(H,17,21)(H,18,19)/t10-,11-/m1/s1. The molecule has 1 saturated carbocycles. The predicted molar refractivity (Wildman–Crippen MR) is 77.2 cm³/mol.